The van der Waals surface area contributed by atoms with Gasteiger partial charge in [-0.1, -0.05) is 115 Å². The van der Waals surface area contributed by atoms with Crippen molar-refractivity contribution in [3.8, 4) is 45.4 Å². The summed E-state index contributed by atoms with van der Waals surface area (Å²) in [4.78, 5) is 20.1. The van der Waals surface area contributed by atoms with E-state index in [1.165, 1.54) is 36.5 Å². The Bertz CT molecular complexity index is 2550. The second-order valence-corrected chi connectivity index (χ2v) is 12.2. The van der Waals surface area contributed by atoms with Gasteiger partial charge in [-0.25, -0.2) is 19.9 Å². The lowest BCUT2D eigenvalue weighted by Gasteiger charge is -2.10. The van der Waals surface area contributed by atoms with Gasteiger partial charge in [0.05, 0.1) is 5.52 Å². The fourth-order valence-corrected chi connectivity index (χ4v) is 7.20. The fraction of sp³-hybridized carbons (Fsp3) is 0. The maximum atomic E-state index is 5.10. The molecule has 4 nitrogen and oxygen atoms in total. The molecule has 9 aromatic rings. The molecule has 0 radical (unpaired) electrons. The van der Waals surface area contributed by atoms with Crippen LogP contribution in [-0.4, -0.2) is 19.9 Å². The lowest BCUT2D eigenvalue weighted by atomic mass is 10.00. The van der Waals surface area contributed by atoms with Crippen LogP contribution < -0.4 is 0 Å². The van der Waals surface area contributed by atoms with E-state index in [4.69, 9.17) is 19.9 Å². The molecule has 0 saturated carbocycles. The van der Waals surface area contributed by atoms with E-state index in [-0.39, 0.29) is 0 Å². The third-order valence-electron chi connectivity index (χ3n) is 8.33. The van der Waals surface area contributed by atoms with Gasteiger partial charge in [0.1, 0.15) is 5.69 Å². The second-order valence-electron chi connectivity index (χ2n) is 11.1. The lowest BCUT2D eigenvalue weighted by Crippen LogP contribution is -2.01. The predicted molar refractivity (Wildman–Crippen MR) is 187 cm³/mol. The summed E-state index contributed by atoms with van der Waals surface area (Å²) in [7, 11) is 0. The first-order valence-corrected chi connectivity index (χ1v) is 15.7. The van der Waals surface area contributed by atoms with Gasteiger partial charge in [0.2, 0.25) is 0 Å². The Balaban J connectivity index is 1.21. The normalized spacial score (nSPS) is 11.6. The Hall–Kier alpha value is -5.78. The van der Waals surface area contributed by atoms with Crippen molar-refractivity contribution in [2.45, 2.75) is 0 Å². The van der Waals surface area contributed by atoms with Crippen LogP contribution in [0.3, 0.4) is 0 Å². The number of hydrogen-bond acceptors (Lipinski definition) is 5. The molecule has 0 saturated heterocycles. The maximum absolute atomic E-state index is 5.10. The van der Waals surface area contributed by atoms with Crippen LogP contribution in [-0.2, 0) is 0 Å². The van der Waals surface area contributed by atoms with E-state index in [2.05, 4.69) is 121 Å². The highest BCUT2D eigenvalue weighted by Gasteiger charge is 2.17. The van der Waals surface area contributed by atoms with Crippen LogP contribution in [0.15, 0.2) is 146 Å². The highest BCUT2D eigenvalue weighted by molar-refractivity contribution is 7.25. The lowest BCUT2D eigenvalue weighted by molar-refractivity contribution is 1.06. The van der Waals surface area contributed by atoms with Crippen molar-refractivity contribution in [2.24, 2.45) is 0 Å². The van der Waals surface area contributed by atoms with Crippen LogP contribution >= 0.6 is 11.3 Å². The Morgan fingerprint density at radius 2 is 1.07 bits per heavy atom. The largest absolute Gasteiger partial charge is 0.244 e. The summed E-state index contributed by atoms with van der Waals surface area (Å²) in [6, 6.07) is 50.6. The molecule has 0 unspecified atom stereocenters. The van der Waals surface area contributed by atoms with E-state index in [1.807, 2.05) is 24.3 Å². The quantitative estimate of drug-likeness (QED) is 0.204. The highest BCUT2D eigenvalue weighted by atomic mass is 32.1. The fourth-order valence-electron chi connectivity index (χ4n) is 6.07. The molecule has 0 aliphatic carbocycles. The molecule has 0 aliphatic heterocycles. The molecule has 45 heavy (non-hydrogen) atoms. The highest BCUT2D eigenvalue weighted by Crippen LogP contribution is 2.39. The summed E-state index contributed by atoms with van der Waals surface area (Å²) in [5.41, 5.74) is 5.85. The van der Waals surface area contributed by atoms with Crippen molar-refractivity contribution in [3.63, 3.8) is 0 Å². The number of thiophene rings is 1. The molecule has 0 amide bonds. The summed E-state index contributed by atoms with van der Waals surface area (Å²) >= 11 is 1.79. The van der Waals surface area contributed by atoms with Crippen molar-refractivity contribution >= 4 is 53.2 Å². The minimum atomic E-state index is 0.552. The molecule has 210 valence electrons. The van der Waals surface area contributed by atoms with E-state index in [1.54, 1.807) is 11.3 Å². The minimum absolute atomic E-state index is 0.552. The summed E-state index contributed by atoms with van der Waals surface area (Å²) in [5, 5.41) is 5.91. The Labute approximate surface area is 263 Å². The van der Waals surface area contributed by atoms with Crippen molar-refractivity contribution in [3.05, 3.63) is 146 Å². The molecule has 0 fully saturated rings. The Kier molecular flexibility index (Phi) is 5.96. The third kappa shape index (κ3) is 4.53. The molecule has 0 bridgehead atoms. The summed E-state index contributed by atoms with van der Waals surface area (Å²) < 4.78 is 2.45. The van der Waals surface area contributed by atoms with Gasteiger partial charge in [0, 0.05) is 36.7 Å². The standard InChI is InChI=1S/C40H24N4S/c1-2-10-29-24-30(21-18-25(29)8-1)26-16-19-28(20-17-26)38-42-39(32-12-7-15-36-37(32)31-11-4-6-14-35(31)45-36)44-40(43-38)34-23-22-27-9-3-5-13-33(27)41-34/h1-24H. The van der Waals surface area contributed by atoms with Crippen molar-refractivity contribution in [1.82, 2.24) is 19.9 Å². The topological polar surface area (TPSA) is 51.6 Å². The molecular formula is C40H24N4S. The van der Waals surface area contributed by atoms with Crippen LogP contribution in [0, 0.1) is 0 Å². The van der Waals surface area contributed by atoms with E-state index < -0.39 is 0 Å². The van der Waals surface area contributed by atoms with Crippen molar-refractivity contribution in [1.29, 1.82) is 0 Å². The van der Waals surface area contributed by atoms with Gasteiger partial charge in [-0.3, -0.25) is 0 Å². The van der Waals surface area contributed by atoms with E-state index in [0.29, 0.717) is 23.2 Å². The summed E-state index contributed by atoms with van der Waals surface area (Å²) in [6.07, 6.45) is 0. The SMILES string of the molecule is c1ccc2cc(-c3ccc(-c4nc(-c5ccc6ccccc6n5)nc(-c5cccc6sc7ccccc7c56)n4)cc3)ccc2c1. The van der Waals surface area contributed by atoms with E-state index in [0.717, 1.165) is 27.6 Å². The van der Waals surface area contributed by atoms with Gasteiger partial charge >= 0.3 is 0 Å². The first kappa shape index (κ1) is 25.7. The van der Waals surface area contributed by atoms with Crippen LogP contribution in [0.5, 0.6) is 0 Å². The molecule has 3 aromatic heterocycles. The zero-order chi connectivity index (χ0) is 29.7. The molecule has 0 N–H and O–H groups in total. The average Bonchev–Trinajstić information content (AvgIpc) is 3.50. The average molecular weight is 593 g/mol. The maximum Gasteiger partial charge on any atom is 0.182 e. The van der Waals surface area contributed by atoms with Gasteiger partial charge < -0.3 is 0 Å². The number of aromatic nitrogens is 4. The van der Waals surface area contributed by atoms with Crippen LogP contribution in [0.4, 0.5) is 0 Å². The van der Waals surface area contributed by atoms with Crippen LogP contribution in [0.25, 0.3) is 87.3 Å². The number of hydrogen-bond donors (Lipinski definition) is 0. The van der Waals surface area contributed by atoms with Crippen LogP contribution in [0.1, 0.15) is 0 Å². The first-order valence-electron chi connectivity index (χ1n) is 14.9. The monoisotopic (exact) mass is 592 g/mol. The first-order chi connectivity index (χ1) is 22.3. The van der Waals surface area contributed by atoms with E-state index in [9.17, 15) is 0 Å². The third-order valence-corrected chi connectivity index (χ3v) is 9.47. The molecule has 5 heteroatoms. The number of nitrogens with zero attached hydrogens (tertiary/aromatic N) is 4. The number of pyridine rings is 1. The number of fused-ring (bicyclic) bond motifs is 5. The molecule has 0 atom stereocenters. The predicted octanol–water partition coefficient (Wildman–Crippen LogP) is 10.6. The summed E-state index contributed by atoms with van der Waals surface area (Å²) in [5.74, 6) is 1.81. The molecule has 6 aromatic carbocycles. The zero-order valence-electron chi connectivity index (χ0n) is 24.1. The molecular weight excluding hydrogens is 569 g/mol. The number of benzene rings is 6. The second kappa shape index (κ2) is 10.4. The molecule has 0 aliphatic rings. The number of para-hydroxylation sites is 1. The minimum Gasteiger partial charge on any atom is -0.244 e. The van der Waals surface area contributed by atoms with Gasteiger partial charge in [0.25, 0.3) is 0 Å². The molecule has 9 rings (SSSR count). The van der Waals surface area contributed by atoms with Gasteiger partial charge in [-0.05, 0) is 52.2 Å². The Morgan fingerprint density at radius 3 is 1.98 bits per heavy atom. The summed E-state index contributed by atoms with van der Waals surface area (Å²) in [6.45, 7) is 0. The van der Waals surface area contributed by atoms with Crippen LogP contribution in [0.2, 0.25) is 0 Å². The Morgan fingerprint density at radius 1 is 0.400 bits per heavy atom. The van der Waals surface area contributed by atoms with Crippen molar-refractivity contribution < 1.29 is 0 Å². The zero-order valence-corrected chi connectivity index (χ0v) is 24.9. The van der Waals surface area contributed by atoms with Crippen molar-refractivity contribution in [2.75, 3.05) is 0 Å². The van der Waals surface area contributed by atoms with E-state index >= 15 is 0 Å². The molecule has 3 heterocycles. The molecule has 0 spiro atoms. The van der Waals surface area contributed by atoms with Gasteiger partial charge in [-0.15, -0.1) is 11.3 Å². The number of rotatable bonds is 4. The van der Waals surface area contributed by atoms with Gasteiger partial charge in [-0.2, -0.15) is 0 Å². The van der Waals surface area contributed by atoms with Gasteiger partial charge in [0.15, 0.2) is 17.5 Å². The smallest absolute Gasteiger partial charge is 0.182 e.